The molecule has 0 saturated heterocycles. The molecular weight excluding hydrogens is 208 g/mol. The lowest BCUT2D eigenvalue weighted by Gasteiger charge is -2.55. The Morgan fingerprint density at radius 3 is 2.24 bits per heavy atom. The minimum Gasteiger partial charge on any atom is -0.298 e. The van der Waals surface area contributed by atoms with Gasteiger partial charge in [0.25, 0.3) is 0 Å². The van der Waals surface area contributed by atoms with Crippen LogP contribution >= 0.6 is 0 Å². The molecule has 1 aromatic carbocycles. The summed E-state index contributed by atoms with van der Waals surface area (Å²) in [6.45, 7) is 0. The fraction of sp³-hybridized carbons (Fsp3) is 0.562. The zero-order valence-electron chi connectivity index (χ0n) is 10.1. The van der Waals surface area contributed by atoms with Crippen molar-refractivity contribution in [2.24, 2.45) is 17.8 Å². The Bertz CT molecular complexity index is 448. The lowest BCUT2D eigenvalue weighted by Crippen LogP contribution is -2.55. The minimum atomic E-state index is -0.0873. The normalized spacial score (nSPS) is 43.1. The summed E-state index contributed by atoms with van der Waals surface area (Å²) >= 11 is 0. The number of carbonyl (C=O) groups excluding carboxylic acids is 1. The van der Waals surface area contributed by atoms with Crippen LogP contribution in [-0.2, 0) is 10.2 Å². The molecule has 4 aliphatic carbocycles. The summed E-state index contributed by atoms with van der Waals surface area (Å²) in [7, 11) is 0. The standard InChI is InChI=1S/C16H18O/c17-15-13-7-11-6-12(8-13)10-16(15,9-11)14-4-2-1-3-5-14/h1-5,11-13H,6-10H2. The molecule has 0 spiro atoms. The van der Waals surface area contributed by atoms with Crippen molar-refractivity contribution in [3.63, 3.8) is 0 Å². The maximum absolute atomic E-state index is 12.7. The summed E-state index contributed by atoms with van der Waals surface area (Å²) in [4.78, 5) is 12.7. The second kappa shape index (κ2) is 3.22. The molecule has 17 heavy (non-hydrogen) atoms. The largest absolute Gasteiger partial charge is 0.298 e. The lowest BCUT2D eigenvalue weighted by atomic mass is 9.47. The highest BCUT2D eigenvalue weighted by atomic mass is 16.1. The van der Waals surface area contributed by atoms with Crippen molar-refractivity contribution in [1.82, 2.24) is 0 Å². The van der Waals surface area contributed by atoms with Gasteiger partial charge in [-0.15, -0.1) is 0 Å². The van der Waals surface area contributed by atoms with Crippen molar-refractivity contribution in [2.45, 2.75) is 37.5 Å². The predicted molar refractivity (Wildman–Crippen MR) is 66.7 cm³/mol. The second-order valence-electron chi connectivity index (χ2n) is 6.36. The Balaban J connectivity index is 1.84. The number of Topliss-reactive ketones (excluding diaryl/α,β-unsaturated/α-hetero) is 1. The molecule has 0 aliphatic heterocycles. The van der Waals surface area contributed by atoms with Crippen molar-refractivity contribution >= 4 is 5.78 Å². The Kier molecular flexibility index (Phi) is 1.87. The highest BCUT2D eigenvalue weighted by Crippen LogP contribution is 2.58. The summed E-state index contributed by atoms with van der Waals surface area (Å²) in [5.74, 6) is 2.60. The number of rotatable bonds is 1. The predicted octanol–water partition coefficient (Wildman–Crippen LogP) is 3.33. The fourth-order valence-corrected chi connectivity index (χ4v) is 4.91. The average Bonchev–Trinajstić information content (AvgIpc) is 2.36. The maximum Gasteiger partial charge on any atom is 0.146 e. The molecule has 4 bridgehead atoms. The van der Waals surface area contributed by atoms with Gasteiger partial charge in [0.05, 0.1) is 5.41 Å². The van der Waals surface area contributed by atoms with Gasteiger partial charge in [-0.05, 0) is 49.5 Å². The summed E-state index contributed by atoms with van der Waals surface area (Å²) in [6, 6.07) is 10.6. The molecule has 2 atom stereocenters. The van der Waals surface area contributed by atoms with Gasteiger partial charge in [0.15, 0.2) is 0 Å². The zero-order chi connectivity index (χ0) is 11.5. The molecule has 88 valence electrons. The van der Waals surface area contributed by atoms with E-state index < -0.39 is 0 Å². The van der Waals surface area contributed by atoms with Gasteiger partial charge in [-0.1, -0.05) is 30.3 Å². The molecule has 1 heteroatoms. The first-order chi connectivity index (χ1) is 8.28. The van der Waals surface area contributed by atoms with Crippen molar-refractivity contribution in [3.05, 3.63) is 35.9 Å². The monoisotopic (exact) mass is 226 g/mol. The fourth-order valence-electron chi connectivity index (χ4n) is 4.91. The number of hydrogen-bond acceptors (Lipinski definition) is 1. The number of hydrogen-bond donors (Lipinski definition) is 0. The Labute approximate surface area is 102 Å². The Morgan fingerprint density at radius 1 is 0.941 bits per heavy atom. The van der Waals surface area contributed by atoms with Crippen LogP contribution in [0.2, 0.25) is 0 Å². The molecule has 0 aromatic heterocycles. The van der Waals surface area contributed by atoms with Gasteiger partial charge < -0.3 is 0 Å². The molecule has 0 heterocycles. The van der Waals surface area contributed by atoms with Crippen molar-refractivity contribution < 1.29 is 4.79 Å². The number of carbonyl (C=O) groups is 1. The van der Waals surface area contributed by atoms with Crippen LogP contribution in [-0.4, -0.2) is 5.78 Å². The first kappa shape index (κ1) is 9.87. The highest BCUT2D eigenvalue weighted by molar-refractivity contribution is 5.94. The van der Waals surface area contributed by atoms with E-state index in [2.05, 4.69) is 30.3 Å². The van der Waals surface area contributed by atoms with Gasteiger partial charge in [-0.2, -0.15) is 0 Å². The lowest BCUT2D eigenvalue weighted by molar-refractivity contribution is -0.143. The van der Waals surface area contributed by atoms with Crippen LogP contribution in [0.1, 0.15) is 37.7 Å². The van der Waals surface area contributed by atoms with Crippen LogP contribution in [0.3, 0.4) is 0 Å². The third-order valence-electron chi connectivity index (χ3n) is 5.35. The van der Waals surface area contributed by atoms with Crippen LogP contribution in [0, 0.1) is 17.8 Å². The van der Waals surface area contributed by atoms with Gasteiger partial charge in [0.1, 0.15) is 5.78 Å². The van der Waals surface area contributed by atoms with E-state index in [1.807, 2.05) is 0 Å². The first-order valence-electron chi connectivity index (χ1n) is 6.88. The molecule has 0 N–H and O–H groups in total. The molecular formula is C16H18O. The van der Waals surface area contributed by atoms with Crippen molar-refractivity contribution in [1.29, 1.82) is 0 Å². The van der Waals surface area contributed by atoms with Gasteiger partial charge in [0, 0.05) is 5.92 Å². The maximum atomic E-state index is 12.7. The quantitative estimate of drug-likeness (QED) is 0.718. The number of benzene rings is 1. The van der Waals surface area contributed by atoms with Crippen LogP contribution in [0.15, 0.2) is 30.3 Å². The Morgan fingerprint density at radius 2 is 1.59 bits per heavy atom. The van der Waals surface area contributed by atoms with Crippen molar-refractivity contribution in [2.75, 3.05) is 0 Å². The van der Waals surface area contributed by atoms with E-state index in [-0.39, 0.29) is 5.41 Å². The molecule has 4 aliphatic rings. The van der Waals surface area contributed by atoms with Crippen LogP contribution in [0.4, 0.5) is 0 Å². The van der Waals surface area contributed by atoms with Gasteiger partial charge in [0.2, 0.25) is 0 Å². The van der Waals surface area contributed by atoms with Crippen LogP contribution < -0.4 is 0 Å². The third kappa shape index (κ3) is 1.23. The van der Waals surface area contributed by atoms with E-state index >= 15 is 0 Å². The van der Waals surface area contributed by atoms with Gasteiger partial charge >= 0.3 is 0 Å². The van der Waals surface area contributed by atoms with E-state index in [1.54, 1.807) is 0 Å². The summed E-state index contributed by atoms with van der Waals surface area (Å²) in [5.41, 5.74) is 1.21. The third-order valence-corrected chi connectivity index (χ3v) is 5.35. The molecule has 5 rings (SSSR count). The minimum absolute atomic E-state index is 0.0873. The molecule has 4 fully saturated rings. The molecule has 4 saturated carbocycles. The van der Waals surface area contributed by atoms with Gasteiger partial charge in [-0.25, -0.2) is 0 Å². The van der Waals surface area contributed by atoms with E-state index in [0.717, 1.165) is 24.7 Å². The highest BCUT2D eigenvalue weighted by Gasteiger charge is 2.57. The summed E-state index contributed by atoms with van der Waals surface area (Å²) in [5, 5.41) is 0. The zero-order valence-corrected chi connectivity index (χ0v) is 10.1. The van der Waals surface area contributed by atoms with Crippen molar-refractivity contribution in [3.8, 4) is 0 Å². The second-order valence-corrected chi connectivity index (χ2v) is 6.36. The summed E-state index contributed by atoms with van der Waals surface area (Å²) in [6.07, 6.45) is 6.01. The molecule has 0 amide bonds. The summed E-state index contributed by atoms with van der Waals surface area (Å²) < 4.78 is 0. The van der Waals surface area contributed by atoms with Gasteiger partial charge in [-0.3, -0.25) is 4.79 Å². The average molecular weight is 226 g/mol. The Hall–Kier alpha value is -1.11. The first-order valence-corrected chi connectivity index (χ1v) is 6.88. The molecule has 1 aromatic rings. The van der Waals surface area contributed by atoms with E-state index in [1.165, 1.54) is 24.8 Å². The SMILES string of the molecule is O=C1C2CC3CC(C2)CC1(c1ccccc1)C3. The van der Waals surface area contributed by atoms with E-state index in [4.69, 9.17) is 0 Å². The van der Waals surface area contributed by atoms with Crippen LogP contribution in [0.25, 0.3) is 0 Å². The molecule has 2 unspecified atom stereocenters. The number of ketones is 1. The van der Waals surface area contributed by atoms with E-state index in [0.29, 0.717) is 11.7 Å². The molecule has 0 radical (unpaired) electrons. The van der Waals surface area contributed by atoms with E-state index in [9.17, 15) is 4.79 Å². The smallest absolute Gasteiger partial charge is 0.146 e. The topological polar surface area (TPSA) is 17.1 Å². The van der Waals surface area contributed by atoms with Crippen LogP contribution in [0.5, 0.6) is 0 Å². The molecule has 1 nitrogen and oxygen atoms in total.